The number of ether oxygens (including phenoxy) is 1. The van der Waals surface area contributed by atoms with Gasteiger partial charge < -0.3 is 10.1 Å². The lowest BCUT2D eigenvalue weighted by molar-refractivity contribution is -0.387. The van der Waals surface area contributed by atoms with E-state index in [1.54, 1.807) is 0 Å². The molecule has 0 bridgehead atoms. The van der Waals surface area contributed by atoms with Crippen LogP contribution in [0.5, 0.6) is 0 Å². The van der Waals surface area contributed by atoms with Gasteiger partial charge in [-0.05, 0) is 6.07 Å². The second kappa shape index (κ2) is 6.55. The number of methoxy groups -OCH3 is 1. The summed E-state index contributed by atoms with van der Waals surface area (Å²) in [6.07, 6.45) is -0.140. The van der Waals surface area contributed by atoms with Crippen molar-refractivity contribution in [2.24, 2.45) is 0 Å². The Morgan fingerprint density at radius 2 is 2.00 bits per heavy atom. The van der Waals surface area contributed by atoms with Gasteiger partial charge in [-0.25, -0.2) is 4.39 Å². The third kappa shape index (κ3) is 3.70. The lowest BCUT2D eigenvalue weighted by atomic mass is 10.1. The highest BCUT2D eigenvalue weighted by molar-refractivity contribution is 5.94. The summed E-state index contributed by atoms with van der Waals surface area (Å²) in [6, 6.07) is 0.755. The number of carbonyl (C=O) groups is 2. The second-order valence-corrected chi connectivity index (χ2v) is 3.62. The molecule has 7 nitrogen and oxygen atoms in total. The van der Waals surface area contributed by atoms with Crippen LogP contribution < -0.4 is 5.32 Å². The van der Waals surface area contributed by atoms with E-state index < -0.39 is 39.7 Å². The quantitative estimate of drug-likeness (QED) is 0.498. The number of amides is 1. The number of nitro groups is 1. The average molecular weight is 288 g/mol. The second-order valence-electron chi connectivity index (χ2n) is 3.62. The van der Waals surface area contributed by atoms with Crippen LogP contribution in [-0.2, 0) is 9.53 Å². The van der Waals surface area contributed by atoms with Crippen molar-refractivity contribution in [2.75, 3.05) is 13.7 Å². The first-order chi connectivity index (χ1) is 9.36. The van der Waals surface area contributed by atoms with Crippen LogP contribution in [0.2, 0.25) is 0 Å². The van der Waals surface area contributed by atoms with E-state index in [9.17, 15) is 28.5 Å². The molecule has 0 aliphatic rings. The minimum absolute atomic E-state index is 0.135. The standard InChI is InChI=1S/C11H10F2N2O5/c1-20-10(16)2-3-14-11(17)6-4-8(13)9(15(18)19)5-7(6)12/h4-5H,2-3H2,1H3,(H,14,17). The van der Waals surface area contributed by atoms with Gasteiger partial charge >= 0.3 is 11.7 Å². The fourth-order valence-corrected chi connectivity index (χ4v) is 1.33. The van der Waals surface area contributed by atoms with E-state index in [0.717, 1.165) is 7.11 Å². The summed E-state index contributed by atoms with van der Waals surface area (Å²) in [5, 5.41) is 12.5. The molecule has 1 amide bonds. The van der Waals surface area contributed by atoms with E-state index in [1.807, 2.05) is 0 Å². The van der Waals surface area contributed by atoms with Crippen LogP contribution in [0.1, 0.15) is 16.8 Å². The lowest BCUT2D eigenvalue weighted by Crippen LogP contribution is -2.27. The van der Waals surface area contributed by atoms with E-state index in [-0.39, 0.29) is 13.0 Å². The third-order valence-electron chi connectivity index (χ3n) is 2.32. The van der Waals surface area contributed by atoms with Gasteiger partial charge in [0, 0.05) is 6.54 Å². The van der Waals surface area contributed by atoms with Crippen LogP contribution in [-0.4, -0.2) is 30.5 Å². The van der Waals surface area contributed by atoms with Gasteiger partial charge in [-0.2, -0.15) is 4.39 Å². The Hall–Kier alpha value is -2.58. The lowest BCUT2D eigenvalue weighted by Gasteiger charge is -2.06. The van der Waals surface area contributed by atoms with Crippen LogP contribution >= 0.6 is 0 Å². The van der Waals surface area contributed by atoms with Crippen molar-refractivity contribution in [3.63, 3.8) is 0 Å². The molecule has 0 heterocycles. The molecule has 1 aromatic carbocycles. The molecule has 20 heavy (non-hydrogen) atoms. The van der Waals surface area contributed by atoms with Gasteiger partial charge in [-0.3, -0.25) is 19.7 Å². The Morgan fingerprint density at radius 1 is 1.35 bits per heavy atom. The van der Waals surface area contributed by atoms with Crippen molar-refractivity contribution in [1.29, 1.82) is 0 Å². The van der Waals surface area contributed by atoms with Crippen LogP contribution in [0.4, 0.5) is 14.5 Å². The van der Waals surface area contributed by atoms with E-state index in [1.165, 1.54) is 0 Å². The van der Waals surface area contributed by atoms with Crippen LogP contribution in [0.25, 0.3) is 0 Å². The Kier molecular flexibility index (Phi) is 5.07. The minimum atomic E-state index is -1.32. The zero-order chi connectivity index (χ0) is 15.3. The van der Waals surface area contributed by atoms with E-state index in [0.29, 0.717) is 12.1 Å². The van der Waals surface area contributed by atoms with Gasteiger partial charge in [0.25, 0.3) is 5.91 Å². The third-order valence-corrected chi connectivity index (χ3v) is 2.32. The Balaban J connectivity index is 2.81. The maximum Gasteiger partial charge on any atom is 0.307 e. The van der Waals surface area contributed by atoms with Crippen molar-refractivity contribution in [3.8, 4) is 0 Å². The predicted octanol–water partition coefficient (Wildman–Crippen LogP) is 1.17. The maximum absolute atomic E-state index is 13.5. The average Bonchev–Trinajstić information content (AvgIpc) is 2.40. The number of nitro benzene ring substituents is 1. The fraction of sp³-hybridized carbons (Fsp3) is 0.273. The molecule has 0 aliphatic carbocycles. The van der Waals surface area contributed by atoms with Gasteiger partial charge in [-0.1, -0.05) is 0 Å². The van der Waals surface area contributed by atoms with Crippen LogP contribution in [0.15, 0.2) is 12.1 Å². The first kappa shape index (κ1) is 15.5. The highest BCUT2D eigenvalue weighted by Crippen LogP contribution is 2.21. The monoisotopic (exact) mass is 288 g/mol. The molecule has 9 heteroatoms. The molecule has 1 aromatic rings. The molecule has 0 saturated heterocycles. The molecule has 0 aliphatic heterocycles. The number of esters is 1. The van der Waals surface area contributed by atoms with Gasteiger partial charge in [0.1, 0.15) is 5.82 Å². The zero-order valence-corrected chi connectivity index (χ0v) is 10.3. The maximum atomic E-state index is 13.5. The SMILES string of the molecule is COC(=O)CCNC(=O)c1cc(F)c([N+](=O)[O-])cc1F. The number of hydrogen-bond donors (Lipinski definition) is 1. The highest BCUT2D eigenvalue weighted by Gasteiger charge is 2.21. The first-order valence-electron chi connectivity index (χ1n) is 5.35. The van der Waals surface area contributed by atoms with Crippen LogP contribution in [0, 0.1) is 21.7 Å². The molecule has 0 atom stereocenters. The number of rotatable bonds is 5. The summed E-state index contributed by atoms with van der Waals surface area (Å²) in [6.45, 7) is -0.135. The summed E-state index contributed by atoms with van der Waals surface area (Å²) in [5.74, 6) is -4.12. The molecule has 1 rings (SSSR count). The topological polar surface area (TPSA) is 98.5 Å². The summed E-state index contributed by atoms with van der Waals surface area (Å²) >= 11 is 0. The molecule has 1 N–H and O–H groups in total. The Labute approximate surface area is 111 Å². The van der Waals surface area contributed by atoms with Gasteiger partial charge in [0.15, 0.2) is 0 Å². The summed E-state index contributed by atoms with van der Waals surface area (Å²) in [7, 11) is 1.16. The number of nitrogens with zero attached hydrogens (tertiary/aromatic N) is 1. The van der Waals surface area contributed by atoms with Gasteiger partial charge in [-0.15, -0.1) is 0 Å². The van der Waals surface area contributed by atoms with E-state index >= 15 is 0 Å². The number of nitrogens with one attached hydrogen (secondary N) is 1. The number of benzene rings is 1. The summed E-state index contributed by atoms with van der Waals surface area (Å²) in [5.41, 5.74) is -1.74. The minimum Gasteiger partial charge on any atom is -0.469 e. The van der Waals surface area contributed by atoms with Crippen molar-refractivity contribution >= 4 is 17.6 Å². The van der Waals surface area contributed by atoms with Gasteiger partial charge in [0.05, 0.1) is 30.1 Å². The molecule has 0 unspecified atom stereocenters. The Morgan fingerprint density at radius 3 is 2.55 bits per heavy atom. The van der Waals surface area contributed by atoms with Crippen molar-refractivity contribution in [1.82, 2.24) is 5.32 Å². The van der Waals surface area contributed by atoms with Crippen molar-refractivity contribution in [2.45, 2.75) is 6.42 Å². The van der Waals surface area contributed by atoms with Crippen molar-refractivity contribution in [3.05, 3.63) is 39.4 Å². The fourth-order valence-electron chi connectivity index (χ4n) is 1.33. The van der Waals surface area contributed by atoms with Crippen LogP contribution in [0.3, 0.4) is 0 Å². The molecule has 108 valence electrons. The smallest absolute Gasteiger partial charge is 0.307 e. The Bertz CT molecular complexity index is 562. The molecule has 0 spiro atoms. The first-order valence-corrected chi connectivity index (χ1v) is 5.35. The predicted molar refractivity (Wildman–Crippen MR) is 62.0 cm³/mol. The molecule has 0 saturated carbocycles. The summed E-state index contributed by atoms with van der Waals surface area (Å²) in [4.78, 5) is 31.6. The number of hydrogen-bond acceptors (Lipinski definition) is 5. The molecular formula is C11H10F2N2O5. The number of halogens is 2. The zero-order valence-electron chi connectivity index (χ0n) is 10.3. The molecular weight excluding hydrogens is 278 g/mol. The molecule has 0 fully saturated rings. The van der Waals surface area contributed by atoms with E-state index in [4.69, 9.17) is 0 Å². The van der Waals surface area contributed by atoms with Crippen molar-refractivity contribution < 1.29 is 28.0 Å². The molecule has 0 radical (unpaired) electrons. The van der Waals surface area contributed by atoms with E-state index in [2.05, 4.69) is 10.1 Å². The normalized spacial score (nSPS) is 9.95. The van der Waals surface area contributed by atoms with Gasteiger partial charge in [0.2, 0.25) is 5.82 Å². The highest BCUT2D eigenvalue weighted by atomic mass is 19.1. The molecule has 0 aromatic heterocycles. The summed E-state index contributed by atoms with van der Waals surface area (Å²) < 4.78 is 31.1. The number of carbonyl (C=O) groups excluding carboxylic acids is 2. The largest absolute Gasteiger partial charge is 0.469 e.